The van der Waals surface area contributed by atoms with E-state index in [1.54, 1.807) is 37.3 Å². The molecule has 7 nitrogen and oxygen atoms in total. The van der Waals surface area contributed by atoms with Crippen molar-refractivity contribution in [3.63, 3.8) is 0 Å². The molecule has 1 fully saturated rings. The van der Waals surface area contributed by atoms with Crippen molar-refractivity contribution in [3.05, 3.63) is 48.8 Å². The van der Waals surface area contributed by atoms with Crippen molar-refractivity contribution >= 4 is 35.7 Å². The first-order valence-corrected chi connectivity index (χ1v) is 11.3. The van der Waals surface area contributed by atoms with Gasteiger partial charge in [-0.25, -0.2) is 9.97 Å². The third kappa shape index (κ3) is 9.15. The molecule has 30 heavy (non-hydrogen) atoms. The normalized spacial score (nSPS) is 20.2. The number of hydrogen-bond acceptors (Lipinski definition) is 9. The van der Waals surface area contributed by atoms with Gasteiger partial charge in [0.15, 0.2) is 0 Å². The SMILES string of the molecule is CC1CC(Sc2ccccn2)C(=O)O1.CO/N=C/C(CC(C)O)Sc1ccccn1. The van der Waals surface area contributed by atoms with Crippen molar-refractivity contribution in [2.24, 2.45) is 5.16 Å². The number of aliphatic hydroxyl groups excluding tert-OH is 1. The molecule has 2 aromatic heterocycles. The zero-order valence-electron chi connectivity index (χ0n) is 17.2. The van der Waals surface area contributed by atoms with E-state index >= 15 is 0 Å². The fourth-order valence-corrected chi connectivity index (χ4v) is 4.72. The van der Waals surface area contributed by atoms with E-state index < -0.39 is 0 Å². The van der Waals surface area contributed by atoms with Gasteiger partial charge in [0.1, 0.15) is 18.5 Å². The molecule has 0 aromatic carbocycles. The molecule has 0 saturated carbocycles. The number of oxime groups is 1. The molecule has 3 heterocycles. The van der Waals surface area contributed by atoms with E-state index in [2.05, 4.69) is 20.0 Å². The molecule has 162 valence electrons. The van der Waals surface area contributed by atoms with E-state index in [1.165, 1.54) is 18.9 Å². The third-order valence-corrected chi connectivity index (χ3v) is 6.10. The van der Waals surface area contributed by atoms with Gasteiger partial charge < -0.3 is 14.7 Å². The molecule has 0 bridgehead atoms. The van der Waals surface area contributed by atoms with Crippen molar-refractivity contribution in [2.75, 3.05) is 7.11 Å². The minimum Gasteiger partial charge on any atom is -0.462 e. The maximum absolute atomic E-state index is 11.3. The zero-order valence-corrected chi connectivity index (χ0v) is 18.9. The molecule has 1 aliphatic rings. The second-order valence-electron chi connectivity index (χ2n) is 6.60. The highest BCUT2D eigenvalue weighted by molar-refractivity contribution is 8.00. The van der Waals surface area contributed by atoms with Crippen LogP contribution in [-0.4, -0.2) is 57.1 Å². The van der Waals surface area contributed by atoms with Crippen LogP contribution in [-0.2, 0) is 14.4 Å². The van der Waals surface area contributed by atoms with Crippen LogP contribution in [0.25, 0.3) is 0 Å². The maximum atomic E-state index is 11.3. The van der Waals surface area contributed by atoms with Gasteiger partial charge in [-0.3, -0.25) is 4.79 Å². The molecule has 0 aliphatic carbocycles. The number of aromatic nitrogens is 2. The van der Waals surface area contributed by atoms with Crippen LogP contribution < -0.4 is 0 Å². The summed E-state index contributed by atoms with van der Waals surface area (Å²) in [6.45, 7) is 3.67. The fraction of sp³-hybridized carbons (Fsp3) is 0.429. The minimum atomic E-state index is -0.371. The van der Waals surface area contributed by atoms with E-state index in [-0.39, 0.29) is 28.7 Å². The quantitative estimate of drug-likeness (QED) is 0.281. The summed E-state index contributed by atoms with van der Waals surface area (Å²) in [5, 5.41) is 14.9. The minimum absolute atomic E-state index is 0.0451. The Bertz CT molecular complexity index is 778. The smallest absolute Gasteiger partial charge is 0.319 e. The average molecular weight is 450 g/mol. The van der Waals surface area contributed by atoms with Crippen LogP contribution >= 0.6 is 23.5 Å². The van der Waals surface area contributed by atoms with Gasteiger partial charge in [0.05, 0.1) is 27.6 Å². The van der Waals surface area contributed by atoms with Gasteiger partial charge in [-0.05, 0) is 44.5 Å². The molecule has 9 heteroatoms. The first-order valence-electron chi connectivity index (χ1n) is 9.58. The largest absolute Gasteiger partial charge is 0.462 e. The topological polar surface area (TPSA) is 93.9 Å². The number of nitrogens with zero attached hydrogens (tertiary/aromatic N) is 3. The summed E-state index contributed by atoms with van der Waals surface area (Å²) in [6, 6.07) is 11.4. The average Bonchev–Trinajstić information content (AvgIpc) is 3.04. The van der Waals surface area contributed by atoms with Crippen molar-refractivity contribution in [1.29, 1.82) is 0 Å². The van der Waals surface area contributed by atoms with Crippen LogP contribution in [0.5, 0.6) is 0 Å². The molecule has 3 rings (SSSR count). The van der Waals surface area contributed by atoms with Gasteiger partial charge in [-0.15, -0.1) is 0 Å². The van der Waals surface area contributed by atoms with E-state index in [4.69, 9.17) is 4.74 Å². The summed E-state index contributed by atoms with van der Waals surface area (Å²) < 4.78 is 5.06. The van der Waals surface area contributed by atoms with Gasteiger partial charge in [0.25, 0.3) is 0 Å². The molecule has 1 aliphatic heterocycles. The van der Waals surface area contributed by atoms with Crippen molar-refractivity contribution in [2.45, 2.75) is 59.4 Å². The number of aliphatic hydroxyl groups is 1. The number of pyridine rings is 2. The number of rotatable bonds is 8. The van der Waals surface area contributed by atoms with Crippen molar-refractivity contribution in [1.82, 2.24) is 9.97 Å². The van der Waals surface area contributed by atoms with Crippen LogP contribution in [0.2, 0.25) is 0 Å². The maximum Gasteiger partial charge on any atom is 0.319 e. The predicted molar refractivity (Wildman–Crippen MR) is 120 cm³/mol. The van der Waals surface area contributed by atoms with Crippen molar-refractivity contribution in [3.8, 4) is 0 Å². The third-order valence-electron chi connectivity index (χ3n) is 3.84. The van der Waals surface area contributed by atoms with Gasteiger partial charge in [-0.2, -0.15) is 0 Å². The molecule has 0 amide bonds. The molecule has 0 spiro atoms. The molecule has 4 atom stereocenters. The Kier molecular flexibility index (Phi) is 10.7. The van der Waals surface area contributed by atoms with Crippen LogP contribution in [0, 0.1) is 0 Å². The van der Waals surface area contributed by atoms with E-state index in [0.29, 0.717) is 6.42 Å². The summed E-state index contributed by atoms with van der Waals surface area (Å²) in [5.74, 6) is -0.117. The lowest BCUT2D eigenvalue weighted by Gasteiger charge is -2.12. The summed E-state index contributed by atoms with van der Waals surface area (Å²) in [7, 11) is 1.50. The summed E-state index contributed by atoms with van der Waals surface area (Å²) in [6.07, 6.45) is 6.23. The lowest BCUT2D eigenvalue weighted by Crippen LogP contribution is -2.13. The summed E-state index contributed by atoms with van der Waals surface area (Å²) >= 11 is 3.03. The van der Waals surface area contributed by atoms with Crippen LogP contribution in [0.1, 0.15) is 26.7 Å². The Labute approximate surface area is 185 Å². The van der Waals surface area contributed by atoms with Crippen LogP contribution in [0.3, 0.4) is 0 Å². The molecule has 1 saturated heterocycles. The van der Waals surface area contributed by atoms with E-state index in [1.807, 2.05) is 43.3 Å². The Morgan fingerprint density at radius 3 is 2.43 bits per heavy atom. The molecule has 4 unspecified atom stereocenters. The van der Waals surface area contributed by atoms with E-state index in [0.717, 1.165) is 16.5 Å². The number of esters is 1. The molecule has 0 radical (unpaired) electrons. The lowest BCUT2D eigenvalue weighted by molar-refractivity contribution is -0.140. The monoisotopic (exact) mass is 449 g/mol. The van der Waals surface area contributed by atoms with Crippen LogP contribution in [0.4, 0.5) is 0 Å². The highest BCUT2D eigenvalue weighted by atomic mass is 32.2. The number of carbonyl (C=O) groups is 1. The molecule has 2 aromatic rings. The predicted octanol–water partition coefficient (Wildman–Crippen LogP) is 3.82. The highest BCUT2D eigenvalue weighted by Crippen LogP contribution is 2.30. The zero-order chi connectivity index (χ0) is 21.8. The van der Waals surface area contributed by atoms with Crippen LogP contribution in [0.15, 0.2) is 64.0 Å². The standard InChI is InChI=1S/C11H16N2O2S.C10H11NO2S/c1-9(14)7-10(8-13-15-2)16-11-5-3-4-6-12-11;1-7-6-8(10(12)13-7)14-9-4-2-3-5-11-9/h3-6,8-10,14H,7H2,1-2H3;2-5,7-8H,6H2,1H3/b13-8+;. The highest BCUT2D eigenvalue weighted by Gasteiger charge is 2.32. The number of carbonyl (C=O) groups excluding carboxylic acids is 1. The second-order valence-corrected chi connectivity index (χ2v) is 9.09. The number of thioether (sulfide) groups is 2. The molecular weight excluding hydrogens is 422 g/mol. The van der Waals surface area contributed by atoms with Crippen molar-refractivity contribution < 1.29 is 19.5 Å². The van der Waals surface area contributed by atoms with Gasteiger partial charge in [0, 0.05) is 18.8 Å². The Morgan fingerprint density at radius 2 is 1.93 bits per heavy atom. The lowest BCUT2D eigenvalue weighted by atomic mass is 10.2. The van der Waals surface area contributed by atoms with E-state index in [9.17, 15) is 9.90 Å². The van der Waals surface area contributed by atoms with Gasteiger partial charge >= 0.3 is 5.97 Å². The Morgan fingerprint density at radius 1 is 1.27 bits per heavy atom. The van der Waals surface area contributed by atoms with Gasteiger partial charge in [0.2, 0.25) is 0 Å². The Balaban J connectivity index is 0.000000215. The number of ether oxygens (including phenoxy) is 1. The molecule has 1 N–H and O–H groups in total. The number of hydrogen-bond donors (Lipinski definition) is 1. The summed E-state index contributed by atoms with van der Waals surface area (Å²) in [4.78, 5) is 24.3. The number of cyclic esters (lactones) is 1. The Hall–Kier alpha value is -2.10. The fourth-order valence-electron chi connectivity index (χ4n) is 2.56. The first kappa shape index (κ1) is 24.2. The van der Waals surface area contributed by atoms with Gasteiger partial charge in [-0.1, -0.05) is 40.8 Å². The first-order chi connectivity index (χ1) is 14.5. The molecular formula is C21H27N3O4S2. The second kappa shape index (κ2) is 13.3. The summed E-state index contributed by atoms with van der Waals surface area (Å²) in [5.41, 5.74) is 0.